The van der Waals surface area contributed by atoms with Crippen LogP contribution in [-0.2, 0) is 13.0 Å². The third-order valence-corrected chi connectivity index (χ3v) is 4.21. The van der Waals surface area contributed by atoms with E-state index in [-0.39, 0.29) is 22.0 Å². The number of nitrogens with zero attached hydrogens (tertiary/aromatic N) is 1. The Kier molecular flexibility index (Phi) is 2.14. The lowest BCUT2D eigenvalue weighted by Gasteiger charge is -2.32. The molecule has 0 aromatic heterocycles. The van der Waals surface area contributed by atoms with Crippen molar-refractivity contribution in [2.24, 2.45) is 11.8 Å². The highest BCUT2D eigenvalue weighted by molar-refractivity contribution is 6.02. The highest BCUT2D eigenvalue weighted by atomic mass is 16.5. The molecule has 0 saturated carbocycles. The van der Waals surface area contributed by atoms with Crippen LogP contribution in [0.2, 0.25) is 0 Å². The van der Waals surface area contributed by atoms with Gasteiger partial charge in [0.05, 0.1) is 23.8 Å². The summed E-state index contributed by atoms with van der Waals surface area (Å²) in [5.41, 5.74) is -1.47. The Bertz CT molecular complexity index is 1580. The van der Waals surface area contributed by atoms with E-state index in [2.05, 4.69) is 0 Å². The summed E-state index contributed by atoms with van der Waals surface area (Å²) in [5, 5.41) is 0. The number of carbonyl (C=O) groups is 1. The lowest BCUT2D eigenvalue weighted by Crippen LogP contribution is -2.34. The zero-order valence-electron chi connectivity index (χ0n) is 33.2. The van der Waals surface area contributed by atoms with Gasteiger partial charge >= 0.3 is 0 Å². The van der Waals surface area contributed by atoms with Gasteiger partial charge < -0.3 is 9.47 Å². The summed E-state index contributed by atoms with van der Waals surface area (Å²) in [6.07, 6.45) is -12.6. The Labute approximate surface area is 192 Å². The van der Waals surface area contributed by atoms with Crippen molar-refractivity contribution in [1.29, 1.82) is 0 Å². The minimum atomic E-state index is -4.07. The number of hydrogen-bond acceptors (Lipinski definition) is 4. The molecule has 1 aliphatic heterocycles. The monoisotopic (exact) mass is 397 g/mol. The maximum Gasteiger partial charge on any atom is 0.166 e. The minimum Gasteiger partial charge on any atom is -0.493 e. The van der Waals surface area contributed by atoms with Gasteiger partial charge in [-0.15, -0.1) is 0 Å². The van der Waals surface area contributed by atoms with Crippen LogP contribution in [0.5, 0.6) is 11.5 Å². The maximum atomic E-state index is 13.7. The van der Waals surface area contributed by atoms with Gasteiger partial charge in [0, 0.05) is 33.1 Å². The summed E-state index contributed by atoms with van der Waals surface area (Å²) in [7, 11) is 2.28. The first kappa shape index (κ1) is 7.17. The van der Waals surface area contributed by atoms with Gasteiger partial charge in [-0.2, -0.15) is 0 Å². The lowest BCUT2D eigenvalue weighted by molar-refractivity contribution is 0.0895. The fourth-order valence-corrected chi connectivity index (χ4v) is 2.89. The van der Waals surface area contributed by atoms with Gasteiger partial charge in [-0.3, -0.25) is 9.69 Å². The Morgan fingerprint density at radius 3 is 2.54 bits per heavy atom. The van der Waals surface area contributed by atoms with Crippen molar-refractivity contribution in [2.75, 3.05) is 27.2 Å². The van der Waals surface area contributed by atoms with Crippen LogP contribution in [-0.4, -0.2) is 37.9 Å². The average molecular weight is 398 g/mol. The molecule has 0 N–H and O–H groups in total. The molecule has 2 aliphatic rings. The third-order valence-electron chi connectivity index (χ3n) is 4.21. The van der Waals surface area contributed by atoms with Crippen LogP contribution in [0.3, 0.4) is 0 Å². The Morgan fingerprint density at radius 1 is 1.18 bits per heavy atom. The van der Waals surface area contributed by atoms with E-state index in [1.54, 1.807) is 0 Å². The molecule has 2 aromatic carbocycles. The molecule has 1 aliphatic carbocycles. The third kappa shape index (κ3) is 3.93. The molecule has 1 heterocycles. The molecule has 2 aromatic rings. The summed E-state index contributed by atoms with van der Waals surface area (Å²) < 4.78 is 164. The number of fused-ring (bicyclic) bond motifs is 1. The highest BCUT2D eigenvalue weighted by Crippen LogP contribution is 2.39. The normalized spacial score (nSPS) is 38.4. The van der Waals surface area contributed by atoms with Crippen LogP contribution in [0, 0.1) is 11.8 Å². The first-order valence-electron chi connectivity index (χ1n) is 17.4. The highest BCUT2D eigenvalue weighted by Gasteiger charge is 2.34. The van der Waals surface area contributed by atoms with Crippen LogP contribution in [0.15, 0.2) is 42.3 Å². The number of ether oxygens (including phenoxy) is 2. The molecule has 148 valence electrons. The molecule has 28 heavy (non-hydrogen) atoms. The van der Waals surface area contributed by atoms with E-state index in [4.69, 9.17) is 34.1 Å². The molecule has 1 atom stereocenters. The minimum absolute atomic E-state index is 0.0818. The second-order valence-corrected chi connectivity index (χ2v) is 5.97. The van der Waals surface area contributed by atoms with Crippen molar-refractivity contribution in [2.45, 2.75) is 32.1 Å². The predicted octanol–water partition coefficient (Wildman–Crippen LogP) is 4.36. The molecule has 4 nitrogen and oxygen atoms in total. The SMILES string of the molecule is [2H]c1c([2H])c([2H])c(CN2C([2H])([2H])C([2H])([2H])C([2H])(C([2H])([2H])C3Cc4c([2H])c(OC)c(OC)c([2H])c4C3=O)C([2H])([2H])C2([2H])[2H])c([2H])c1[2H]. The average Bonchev–Trinajstić information content (AvgIpc) is 3.33. The molecule has 0 bridgehead atoms. The Hall–Kier alpha value is -2.33. The van der Waals surface area contributed by atoms with Gasteiger partial charge in [-0.1, -0.05) is 30.2 Å². The Balaban J connectivity index is 1.93. The van der Waals surface area contributed by atoms with E-state index in [0.29, 0.717) is 0 Å². The molecule has 0 spiro atoms. The van der Waals surface area contributed by atoms with E-state index in [0.717, 1.165) is 14.2 Å². The van der Waals surface area contributed by atoms with Crippen LogP contribution in [0.4, 0.5) is 0 Å². The number of Topliss-reactive ketones (excluding diaryl/α,β-unsaturated/α-hetero) is 1. The molecule has 1 fully saturated rings. The maximum absolute atomic E-state index is 13.7. The number of benzene rings is 2. The molecule has 4 rings (SSSR count). The van der Waals surface area contributed by atoms with Crippen molar-refractivity contribution in [3.8, 4) is 11.5 Å². The lowest BCUT2D eigenvalue weighted by atomic mass is 9.85. The van der Waals surface area contributed by atoms with E-state index in [9.17, 15) is 4.79 Å². The van der Waals surface area contributed by atoms with Crippen molar-refractivity contribution >= 4 is 5.78 Å². The second-order valence-electron chi connectivity index (χ2n) is 5.97. The predicted molar refractivity (Wildman–Crippen MR) is 110 cm³/mol. The summed E-state index contributed by atoms with van der Waals surface area (Å²) in [6.45, 7) is -8.92. The van der Waals surface area contributed by atoms with E-state index in [1.165, 1.54) is 0 Å². The summed E-state index contributed by atoms with van der Waals surface area (Å²) in [4.78, 5) is 13.6. The molecule has 1 unspecified atom stereocenters. The van der Waals surface area contributed by atoms with Gasteiger partial charge in [0.15, 0.2) is 17.3 Å². The van der Waals surface area contributed by atoms with E-state index in [1.807, 2.05) is 0 Å². The summed E-state index contributed by atoms with van der Waals surface area (Å²) in [6, 6.07) is -5.46. The molecule has 0 amide bonds. The van der Waals surface area contributed by atoms with E-state index < -0.39 is 116 Å². The quantitative estimate of drug-likeness (QED) is 0.726. The van der Waals surface area contributed by atoms with Crippen LogP contribution in [0.1, 0.15) is 65.3 Å². The molecule has 1 saturated heterocycles. The van der Waals surface area contributed by atoms with Crippen LogP contribution >= 0.6 is 0 Å². The summed E-state index contributed by atoms with van der Waals surface area (Å²) >= 11 is 0. The number of hydrogen-bond donors (Lipinski definition) is 0. The zero-order chi connectivity index (χ0) is 35.5. The first-order valence-corrected chi connectivity index (χ1v) is 8.39. The largest absolute Gasteiger partial charge is 0.493 e. The van der Waals surface area contributed by atoms with Gasteiger partial charge in [0.2, 0.25) is 0 Å². The molecule has 0 radical (unpaired) electrons. The van der Waals surface area contributed by atoms with Gasteiger partial charge in [-0.05, 0) is 67.6 Å². The molecule has 4 heteroatoms. The molecular weight excluding hydrogens is 350 g/mol. The standard InChI is InChI=1S/C24H29NO3/c1-27-22-14-19-13-20(24(26)21(19)15-23(22)28-2)12-17-8-10-25(11-9-17)16-18-6-4-3-5-7-18/h3-7,14-15,17,20H,8-13,16H2,1-2H3/i3D,4D,5D,6D,7D,8D2,9D2,10D2,11D2,12D2,14D,15D,17D. The number of ketones is 1. The van der Waals surface area contributed by atoms with Gasteiger partial charge in [0.1, 0.15) is 0 Å². The zero-order valence-corrected chi connectivity index (χ0v) is 15.2. The van der Waals surface area contributed by atoms with E-state index >= 15 is 0 Å². The second kappa shape index (κ2) is 8.36. The number of likely N-dealkylation sites (tertiary alicyclic amines) is 1. The van der Waals surface area contributed by atoms with Crippen LogP contribution in [0.25, 0.3) is 0 Å². The number of piperidine rings is 1. The topological polar surface area (TPSA) is 38.8 Å². The number of rotatable bonds is 6. The van der Waals surface area contributed by atoms with Crippen molar-refractivity contribution in [3.05, 3.63) is 59.0 Å². The summed E-state index contributed by atoms with van der Waals surface area (Å²) in [5.74, 6) is -8.13. The van der Waals surface area contributed by atoms with Crippen molar-refractivity contribution < 1.29 is 38.9 Å². The van der Waals surface area contributed by atoms with Gasteiger partial charge in [-0.25, -0.2) is 0 Å². The van der Waals surface area contributed by atoms with Crippen LogP contribution < -0.4 is 9.47 Å². The van der Waals surface area contributed by atoms with Crippen molar-refractivity contribution in [3.63, 3.8) is 0 Å². The fourth-order valence-electron chi connectivity index (χ4n) is 2.89. The number of methoxy groups -OCH3 is 2. The number of carbonyl (C=O) groups excluding carboxylic acids is 1. The smallest absolute Gasteiger partial charge is 0.166 e. The Morgan fingerprint density at radius 2 is 1.86 bits per heavy atom. The van der Waals surface area contributed by atoms with Gasteiger partial charge in [0.25, 0.3) is 0 Å². The fraction of sp³-hybridized carbons (Fsp3) is 0.458. The molecular formula is C24H29NO3. The van der Waals surface area contributed by atoms with Crippen molar-refractivity contribution in [1.82, 2.24) is 4.90 Å². The first-order chi connectivity index (χ1) is 20.8.